The standard InChI is InChI=1S/C16H21BrN4/c1-8(2)13-11(5)19-15(20-16(13)21-18)12-6-9(3)14(17)10(4)7-12/h6-8H,18H2,1-5H3,(H,19,20,21). The van der Waals surface area contributed by atoms with Crippen LogP contribution in [-0.2, 0) is 0 Å². The van der Waals surface area contributed by atoms with Gasteiger partial charge in [-0.25, -0.2) is 15.8 Å². The average Bonchev–Trinajstić information content (AvgIpc) is 2.42. The van der Waals surface area contributed by atoms with E-state index in [0.717, 1.165) is 21.3 Å². The second-order valence-corrected chi connectivity index (χ2v) is 6.41. The maximum absolute atomic E-state index is 5.64. The van der Waals surface area contributed by atoms with Crippen molar-refractivity contribution in [1.82, 2.24) is 9.97 Å². The van der Waals surface area contributed by atoms with Gasteiger partial charge in [0.05, 0.1) is 0 Å². The van der Waals surface area contributed by atoms with Gasteiger partial charge in [0.1, 0.15) is 5.82 Å². The zero-order chi connectivity index (χ0) is 15.7. The highest BCUT2D eigenvalue weighted by Crippen LogP contribution is 2.30. The molecule has 1 aromatic heterocycles. The number of hydrogen-bond donors (Lipinski definition) is 2. The van der Waals surface area contributed by atoms with Crippen molar-refractivity contribution < 1.29 is 0 Å². The van der Waals surface area contributed by atoms with E-state index in [0.29, 0.717) is 17.6 Å². The summed E-state index contributed by atoms with van der Waals surface area (Å²) in [4.78, 5) is 9.26. The van der Waals surface area contributed by atoms with Crippen molar-refractivity contribution in [2.75, 3.05) is 5.43 Å². The fraction of sp³-hybridized carbons (Fsp3) is 0.375. The van der Waals surface area contributed by atoms with Crippen LogP contribution in [0.1, 0.15) is 42.1 Å². The van der Waals surface area contributed by atoms with Gasteiger partial charge in [0, 0.05) is 21.3 Å². The van der Waals surface area contributed by atoms with Gasteiger partial charge in [-0.3, -0.25) is 0 Å². The summed E-state index contributed by atoms with van der Waals surface area (Å²) in [6, 6.07) is 4.17. The molecule has 4 nitrogen and oxygen atoms in total. The van der Waals surface area contributed by atoms with Crippen molar-refractivity contribution in [2.45, 2.75) is 40.5 Å². The number of benzene rings is 1. The average molecular weight is 349 g/mol. The monoisotopic (exact) mass is 348 g/mol. The summed E-state index contributed by atoms with van der Waals surface area (Å²) in [5.74, 6) is 7.36. The lowest BCUT2D eigenvalue weighted by molar-refractivity contribution is 0.831. The van der Waals surface area contributed by atoms with Gasteiger partial charge in [-0.15, -0.1) is 0 Å². The summed E-state index contributed by atoms with van der Waals surface area (Å²) in [6.07, 6.45) is 0. The number of anilines is 1. The Kier molecular flexibility index (Phi) is 4.64. The number of nitrogen functional groups attached to an aromatic ring is 1. The molecule has 0 saturated carbocycles. The van der Waals surface area contributed by atoms with Crippen LogP contribution in [0.3, 0.4) is 0 Å². The molecular formula is C16H21BrN4. The molecule has 0 fully saturated rings. The van der Waals surface area contributed by atoms with Crippen LogP contribution in [0.15, 0.2) is 16.6 Å². The normalized spacial score (nSPS) is 11.0. The predicted molar refractivity (Wildman–Crippen MR) is 91.3 cm³/mol. The maximum Gasteiger partial charge on any atom is 0.161 e. The number of hydrogen-bond acceptors (Lipinski definition) is 4. The van der Waals surface area contributed by atoms with E-state index in [1.807, 2.05) is 6.92 Å². The lowest BCUT2D eigenvalue weighted by Gasteiger charge is -2.16. The molecule has 0 saturated heterocycles. The molecule has 3 N–H and O–H groups in total. The topological polar surface area (TPSA) is 63.8 Å². The van der Waals surface area contributed by atoms with Crippen molar-refractivity contribution in [2.24, 2.45) is 5.84 Å². The molecule has 0 atom stereocenters. The van der Waals surface area contributed by atoms with Crippen molar-refractivity contribution in [3.8, 4) is 11.4 Å². The molecule has 5 heteroatoms. The van der Waals surface area contributed by atoms with Crippen LogP contribution in [0.4, 0.5) is 5.82 Å². The van der Waals surface area contributed by atoms with Gasteiger partial charge in [-0.05, 0) is 49.9 Å². The first-order valence-electron chi connectivity index (χ1n) is 6.97. The van der Waals surface area contributed by atoms with Crippen LogP contribution < -0.4 is 11.3 Å². The summed E-state index contributed by atoms with van der Waals surface area (Å²) < 4.78 is 1.12. The number of hydrazine groups is 1. The van der Waals surface area contributed by atoms with Gasteiger partial charge in [-0.2, -0.15) is 0 Å². The Morgan fingerprint density at radius 1 is 1.10 bits per heavy atom. The molecule has 0 aliphatic carbocycles. The number of rotatable bonds is 3. The number of aryl methyl sites for hydroxylation is 3. The van der Waals surface area contributed by atoms with Crippen LogP contribution >= 0.6 is 15.9 Å². The molecule has 0 spiro atoms. The second-order valence-electron chi connectivity index (χ2n) is 5.62. The van der Waals surface area contributed by atoms with Gasteiger partial charge in [0.2, 0.25) is 0 Å². The van der Waals surface area contributed by atoms with E-state index in [-0.39, 0.29) is 0 Å². The number of nitrogens with two attached hydrogens (primary N) is 1. The van der Waals surface area contributed by atoms with Crippen LogP contribution in [0.5, 0.6) is 0 Å². The van der Waals surface area contributed by atoms with Gasteiger partial charge in [-0.1, -0.05) is 29.8 Å². The van der Waals surface area contributed by atoms with Crippen molar-refractivity contribution >= 4 is 21.7 Å². The van der Waals surface area contributed by atoms with Crippen LogP contribution in [0.2, 0.25) is 0 Å². The van der Waals surface area contributed by atoms with Gasteiger partial charge < -0.3 is 5.43 Å². The first-order valence-corrected chi connectivity index (χ1v) is 7.76. The van der Waals surface area contributed by atoms with Gasteiger partial charge in [0.15, 0.2) is 5.82 Å². The first kappa shape index (κ1) is 15.9. The number of nitrogens with one attached hydrogen (secondary N) is 1. The molecule has 2 rings (SSSR count). The molecule has 0 bridgehead atoms. The highest BCUT2D eigenvalue weighted by molar-refractivity contribution is 9.10. The summed E-state index contributed by atoms with van der Waals surface area (Å²) in [6.45, 7) is 10.4. The van der Waals surface area contributed by atoms with Crippen molar-refractivity contribution in [3.05, 3.63) is 39.0 Å². The van der Waals surface area contributed by atoms with Crippen molar-refractivity contribution in [1.29, 1.82) is 0 Å². The van der Waals surface area contributed by atoms with E-state index in [9.17, 15) is 0 Å². The third-order valence-electron chi connectivity index (χ3n) is 3.54. The minimum atomic E-state index is 0.318. The second kappa shape index (κ2) is 6.12. The minimum absolute atomic E-state index is 0.318. The molecule has 0 aliphatic heterocycles. The predicted octanol–water partition coefficient (Wildman–Crippen LogP) is 4.24. The van der Waals surface area contributed by atoms with E-state index in [4.69, 9.17) is 5.84 Å². The fourth-order valence-corrected chi connectivity index (χ4v) is 2.82. The number of aromatic nitrogens is 2. The summed E-state index contributed by atoms with van der Waals surface area (Å²) in [7, 11) is 0. The Labute approximate surface area is 134 Å². The van der Waals surface area contributed by atoms with Crippen LogP contribution in [-0.4, -0.2) is 9.97 Å². The molecule has 0 aliphatic rings. The molecule has 112 valence electrons. The molecule has 1 heterocycles. The van der Waals surface area contributed by atoms with E-state index >= 15 is 0 Å². The van der Waals surface area contributed by atoms with E-state index in [1.165, 1.54) is 11.1 Å². The summed E-state index contributed by atoms with van der Waals surface area (Å²) >= 11 is 3.59. The SMILES string of the molecule is Cc1cc(-c2nc(C)c(C(C)C)c(NN)n2)cc(C)c1Br. The molecular weight excluding hydrogens is 328 g/mol. The minimum Gasteiger partial charge on any atom is -0.308 e. The highest BCUT2D eigenvalue weighted by atomic mass is 79.9. The number of halogens is 1. The van der Waals surface area contributed by atoms with E-state index in [1.54, 1.807) is 0 Å². The quantitative estimate of drug-likeness (QED) is 0.643. The van der Waals surface area contributed by atoms with Crippen LogP contribution in [0.25, 0.3) is 11.4 Å². The maximum atomic E-state index is 5.64. The summed E-state index contributed by atoms with van der Waals surface area (Å²) in [5, 5.41) is 0. The molecule has 0 radical (unpaired) electrons. The number of nitrogens with zero attached hydrogens (tertiary/aromatic N) is 2. The Bertz CT molecular complexity index is 657. The summed E-state index contributed by atoms with van der Waals surface area (Å²) in [5.41, 5.74) is 8.07. The zero-order valence-electron chi connectivity index (χ0n) is 13.1. The fourth-order valence-electron chi connectivity index (χ4n) is 2.59. The van der Waals surface area contributed by atoms with E-state index in [2.05, 4.69) is 71.2 Å². The molecule has 1 aromatic carbocycles. The zero-order valence-corrected chi connectivity index (χ0v) is 14.7. The van der Waals surface area contributed by atoms with Crippen LogP contribution in [0, 0.1) is 20.8 Å². The lowest BCUT2D eigenvalue weighted by atomic mass is 10.0. The third kappa shape index (κ3) is 3.09. The highest BCUT2D eigenvalue weighted by Gasteiger charge is 2.15. The first-order chi connectivity index (χ1) is 9.85. The largest absolute Gasteiger partial charge is 0.308 e. The van der Waals surface area contributed by atoms with Crippen molar-refractivity contribution in [3.63, 3.8) is 0 Å². The molecule has 0 amide bonds. The third-order valence-corrected chi connectivity index (χ3v) is 4.80. The van der Waals surface area contributed by atoms with Gasteiger partial charge >= 0.3 is 0 Å². The smallest absolute Gasteiger partial charge is 0.161 e. The Morgan fingerprint density at radius 2 is 1.67 bits per heavy atom. The van der Waals surface area contributed by atoms with Gasteiger partial charge in [0.25, 0.3) is 0 Å². The van der Waals surface area contributed by atoms with E-state index < -0.39 is 0 Å². The Balaban J connectivity index is 2.63. The molecule has 21 heavy (non-hydrogen) atoms. The molecule has 0 unspecified atom stereocenters. The lowest BCUT2D eigenvalue weighted by Crippen LogP contribution is -2.14. The Hall–Kier alpha value is -1.46. The Morgan fingerprint density at radius 3 is 2.14 bits per heavy atom. The molecule has 2 aromatic rings.